The molecule has 2 atom stereocenters. The largest absolute Gasteiger partial charge is 0.486 e. The summed E-state index contributed by atoms with van der Waals surface area (Å²) in [6.07, 6.45) is -0.172. The smallest absolute Gasteiger partial charge is 0.287 e. The summed E-state index contributed by atoms with van der Waals surface area (Å²) in [5.41, 5.74) is 1.43. The van der Waals surface area contributed by atoms with Crippen LogP contribution in [-0.4, -0.2) is 25.2 Å². The van der Waals surface area contributed by atoms with Gasteiger partial charge >= 0.3 is 0 Å². The fourth-order valence-corrected chi connectivity index (χ4v) is 3.28. The van der Waals surface area contributed by atoms with E-state index in [9.17, 15) is 9.18 Å². The molecule has 1 aliphatic heterocycles. The van der Waals surface area contributed by atoms with Crippen LogP contribution in [0, 0.1) is 5.82 Å². The van der Waals surface area contributed by atoms with Crippen LogP contribution >= 0.6 is 0 Å². The molecule has 0 bridgehead atoms. The minimum absolute atomic E-state index is 0.172. The van der Waals surface area contributed by atoms with Crippen molar-refractivity contribution in [1.82, 2.24) is 0 Å². The van der Waals surface area contributed by atoms with E-state index in [4.69, 9.17) is 9.47 Å². The normalized spacial score (nSPS) is 16.1. The third-order valence-corrected chi connectivity index (χ3v) is 4.76. The van der Waals surface area contributed by atoms with E-state index < -0.39 is 6.04 Å². The molecule has 1 amide bonds. The van der Waals surface area contributed by atoms with Gasteiger partial charge in [-0.05, 0) is 36.4 Å². The maximum atomic E-state index is 13.1. The average molecular weight is 393 g/mol. The number of amides is 1. The molecule has 0 saturated heterocycles. The second-order valence-electron chi connectivity index (χ2n) is 6.85. The molecule has 3 N–H and O–H groups in total. The van der Waals surface area contributed by atoms with Crippen molar-refractivity contribution >= 4 is 11.6 Å². The molecule has 1 aliphatic rings. The highest BCUT2D eigenvalue weighted by Crippen LogP contribution is 2.30. The number of hydrogen-bond donors (Lipinski definition) is 2. The summed E-state index contributed by atoms with van der Waals surface area (Å²) < 4.78 is 24.9. The first-order valence-electron chi connectivity index (χ1n) is 9.52. The molecule has 0 fully saturated rings. The summed E-state index contributed by atoms with van der Waals surface area (Å²) in [6, 6.07) is 22.4. The molecular formula is C23H22FN2O3+. The first kappa shape index (κ1) is 19.0. The Kier molecular flexibility index (Phi) is 5.72. The number of para-hydroxylation sites is 2. The van der Waals surface area contributed by atoms with Gasteiger partial charge in [-0.1, -0.05) is 42.5 Å². The van der Waals surface area contributed by atoms with Crippen LogP contribution in [0.2, 0.25) is 0 Å². The second-order valence-corrected chi connectivity index (χ2v) is 6.85. The molecule has 3 aromatic carbocycles. The molecule has 0 radical (unpaired) electrons. The highest BCUT2D eigenvalue weighted by atomic mass is 19.1. The number of carbonyl (C=O) groups is 1. The van der Waals surface area contributed by atoms with Gasteiger partial charge in [0.15, 0.2) is 23.6 Å². The molecule has 0 spiro atoms. The fraction of sp³-hybridized carbons (Fsp3) is 0.174. The van der Waals surface area contributed by atoms with Crippen molar-refractivity contribution in [2.75, 3.05) is 18.5 Å². The molecule has 3 aromatic rings. The van der Waals surface area contributed by atoms with Gasteiger partial charge in [0, 0.05) is 11.3 Å². The average Bonchev–Trinajstić information content (AvgIpc) is 2.76. The molecule has 0 aromatic heterocycles. The van der Waals surface area contributed by atoms with E-state index in [-0.39, 0.29) is 17.8 Å². The molecule has 29 heavy (non-hydrogen) atoms. The number of hydrogen-bond acceptors (Lipinski definition) is 3. The van der Waals surface area contributed by atoms with Crippen LogP contribution in [0.25, 0.3) is 0 Å². The first-order valence-corrected chi connectivity index (χ1v) is 9.52. The third-order valence-electron chi connectivity index (χ3n) is 4.76. The quantitative estimate of drug-likeness (QED) is 0.677. The minimum Gasteiger partial charge on any atom is -0.486 e. The van der Waals surface area contributed by atoms with Crippen LogP contribution < -0.4 is 20.1 Å². The maximum absolute atomic E-state index is 13.1. The van der Waals surface area contributed by atoms with Crippen LogP contribution in [0.4, 0.5) is 10.1 Å². The zero-order valence-corrected chi connectivity index (χ0v) is 15.8. The number of benzene rings is 3. The van der Waals surface area contributed by atoms with Crippen LogP contribution in [0.1, 0.15) is 11.6 Å². The molecule has 0 aliphatic carbocycles. The Morgan fingerprint density at radius 1 is 1.00 bits per heavy atom. The highest BCUT2D eigenvalue weighted by Gasteiger charge is 2.28. The Bertz CT molecular complexity index is 963. The topological polar surface area (TPSA) is 64.2 Å². The van der Waals surface area contributed by atoms with Gasteiger partial charge in [0.2, 0.25) is 0 Å². The lowest BCUT2D eigenvalue weighted by atomic mass is 10.1. The number of carbonyl (C=O) groups excluding carboxylic acids is 1. The number of halogens is 1. The fourth-order valence-electron chi connectivity index (χ4n) is 3.28. The summed E-state index contributed by atoms with van der Waals surface area (Å²) in [5, 5.41) is 4.80. The standard InChI is InChI=1S/C23H21FN2O3/c24-17-10-12-18(13-11-17)26-23(27)22(16-6-2-1-3-7-16)25-14-19-15-28-20-8-4-5-9-21(20)29-19/h1-13,19,22,25H,14-15H2,(H,26,27)/p+1/t19-,22+/m0/s1. The molecule has 148 valence electrons. The number of rotatable bonds is 6. The Morgan fingerprint density at radius 3 is 2.45 bits per heavy atom. The number of fused-ring (bicyclic) bond motifs is 1. The predicted octanol–water partition coefficient (Wildman–Crippen LogP) is 2.91. The van der Waals surface area contributed by atoms with Crippen LogP contribution in [0.15, 0.2) is 78.9 Å². The minimum atomic E-state index is -0.470. The summed E-state index contributed by atoms with van der Waals surface area (Å²) in [4.78, 5) is 13.0. The van der Waals surface area contributed by atoms with Gasteiger partial charge in [0.1, 0.15) is 19.0 Å². The first-order chi connectivity index (χ1) is 14.2. The number of ether oxygens (including phenoxy) is 2. The van der Waals surface area contributed by atoms with Crippen molar-refractivity contribution in [3.63, 3.8) is 0 Å². The molecule has 0 saturated carbocycles. The third kappa shape index (κ3) is 4.73. The lowest BCUT2D eigenvalue weighted by molar-refractivity contribution is -0.687. The SMILES string of the molecule is O=C(Nc1ccc(F)cc1)[C@H]([NH2+]C[C@H]1COc2ccccc2O1)c1ccccc1. The van der Waals surface area contributed by atoms with Crippen LogP contribution in [0.3, 0.4) is 0 Å². The zero-order valence-electron chi connectivity index (χ0n) is 15.8. The van der Waals surface area contributed by atoms with E-state index >= 15 is 0 Å². The van der Waals surface area contributed by atoms with Crippen molar-refractivity contribution in [2.45, 2.75) is 12.1 Å². The lowest BCUT2D eigenvalue weighted by Crippen LogP contribution is -2.89. The maximum Gasteiger partial charge on any atom is 0.287 e. The number of nitrogens with two attached hydrogens (primary N) is 1. The van der Waals surface area contributed by atoms with E-state index in [2.05, 4.69) is 5.32 Å². The van der Waals surface area contributed by atoms with Gasteiger partial charge < -0.3 is 20.1 Å². The predicted molar refractivity (Wildman–Crippen MR) is 107 cm³/mol. The van der Waals surface area contributed by atoms with Crippen LogP contribution in [-0.2, 0) is 4.79 Å². The molecular weight excluding hydrogens is 371 g/mol. The summed E-state index contributed by atoms with van der Waals surface area (Å²) in [6.45, 7) is 0.972. The Hall–Kier alpha value is -3.38. The molecule has 6 heteroatoms. The summed E-state index contributed by atoms with van der Waals surface area (Å²) in [5.74, 6) is 0.922. The van der Waals surface area contributed by atoms with Gasteiger partial charge in [-0.15, -0.1) is 0 Å². The number of anilines is 1. The van der Waals surface area contributed by atoms with Gasteiger partial charge in [-0.3, -0.25) is 4.79 Å². The van der Waals surface area contributed by atoms with E-state index in [1.807, 2.05) is 59.9 Å². The van der Waals surface area contributed by atoms with E-state index in [0.29, 0.717) is 24.6 Å². The lowest BCUT2D eigenvalue weighted by Gasteiger charge is -2.26. The summed E-state index contributed by atoms with van der Waals surface area (Å²) in [7, 11) is 0. The van der Waals surface area contributed by atoms with Gasteiger partial charge in [-0.25, -0.2) is 4.39 Å². The van der Waals surface area contributed by atoms with E-state index in [0.717, 1.165) is 11.3 Å². The van der Waals surface area contributed by atoms with E-state index in [1.54, 1.807) is 12.1 Å². The number of quaternary nitrogens is 1. The van der Waals surface area contributed by atoms with Gasteiger partial charge in [0.25, 0.3) is 5.91 Å². The van der Waals surface area contributed by atoms with Gasteiger partial charge in [0.05, 0.1) is 0 Å². The van der Waals surface area contributed by atoms with E-state index in [1.165, 1.54) is 12.1 Å². The zero-order chi connectivity index (χ0) is 20.1. The molecule has 1 heterocycles. The van der Waals surface area contributed by atoms with Crippen molar-refractivity contribution < 1.29 is 24.0 Å². The van der Waals surface area contributed by atoms with Gasteiger partial charge in [-0.2, -0.15) is 0 Å². The molecule has 4 rings (SSSR count). The molecule has 5 nitrogen and oxygen atoms in total. The van der Waals surface area contributed by atoms with Crippen molar-refractivity contribution in [1.29, 1.82) is 0 Å². The highest BCUT2D eigenvalue weighted by molar-refractivity contribution is 5.94. The number of nitrogens with one attached hydrogen (secondary N) is 1. The Labute approximate surface area is 168 Å². The monoisotopic (exact) mass is 393 g/mol. The van der Waals surface area contributed by atoms with Crippen molar-refractivity contribution in [3.05, 3.63) is 90.2 Å². The molecule has 0 unspecified atom stereocenters. The Balaban J connectivity index is 1.45. The second kappa shape index (κ2) is 8.75. The Morgan fingerprint density at radius 2 is 1.69 bits per heavy atom. The van der Waals surface area contributed by atoms with Crippen LogP contribution in [0.5, 0.6) is 11.5 Å². The van der Waals surface area contributed by atoms with Crippen molar-refractivity contribution in [3.8, 4) is 11.5 Å². The summed E-state index contributed by atoms with van der Waals surface area (Å²) >= 11 is 0. The van der Waals surface area contributed by atoms with Crippen molar-refractivity contribution in [2.24, 2.45) is 0 Å².